The molecule has 2 aliphatic rings. The third-order valence-corrected chi connectivity index (χ3v) is 7.20. The molecule has 2 atom stereocenters. The SMILES string of the molecule is COc1ccc2ccc(=O)n(C[C@H](O)CNC[C@@H]3CN(c4ccc5c(c4)NC(=O)CS5)C(=O)O3)c2c1.Cl. The Kier molecular flexibility index (Phi) is 8.28. The van der Waals surface area contributed by atoms with E-state index in [0.29, 0.717) is 41.5 Å². The van der Waals surface area contributed by atoms with Crippen molar-refractivity contribution < 1.29 is 24.2 Å². The van der Waals surface area contributed by atoms with Gasteiger partial charge in [0, 0.05) is 35.8 Å². The predicted molar refractivity (Wildman–Crippen MR) is 144 cm³/mol. The van der Waals surface area contributed by atoms with Gasteiger partial charge in [0.2, 0.25) is 5.91 Å². The number of hydrogen-bond acceptors (Lipinski definition) is 8. The lowest BCUT2D eigenvalue weighted by atomic mass is 10.2. The van der Waals surface area contributed by atoms with E-state index in [4.69, 9.17) is 9.47 Å². The maximum absolute atomic E-state index is 12.5. The van der Waals surface area contributed by atoms with Gasteiger partial charge in [-0.2, -0.15) is 0 Å². The second-order valence-electron chi connectivity index (χ2n) is 8.65. The average molecular weight is 547 g/mol. The number of cyclic esters (lactones) is 1. The number of benzene rings is 2. The van der Waals surface area contributed by atoms with Crippen LogP contribution >= 0.6 is 24.2 Å². The van der Waals surface area contributed by atoms with E-state index in [1.54, 1.807) is 25.3 Å². The Balaban J connectivity index is 0.00000320. The van der Waals surface area contributed by atoms with Crippen LogP contribution in [0, 0.1) is 0 Å². The summed E-state index contributed by atoms with van der Waals surface area (Å²) >= 11 is 1.46. The molecule has 2 amide bonds. The number of thioether (sulfide) groups is 1. The van der Waals surface area contributed by atoms with Crippen molar-refractivity contribution in [3.63, 3.8) is 0 Å². The molecule has 0 saturated carbocycles. The van der Waals surface area contributed by atoms with Gasteiger partial charge in [-0.15, -0.1) is 24.2 Å². The predicted octanol–water partition coefficient (Wildman–Crippen LogP) is 2.45. The average Bonchev–Trinajstić information content (AvgIpc) is 3.25. The van der Waals surface area contributed by atoms with Crippen LogP contribution in [-0.2, 0) is 16.1 Å². The Morgan fingerprint density at radius 2 is 2.00 bits per heavy atom. The number of halogens is 1. The highest BCUT2D eigenvalue weighted by atomic mass is 35.5. The molecule has 0 radical (unpaired) electrons. The number of methoxy groups -OCH3 is 1. The Morgan fingerprint density at radius 3 is 2.81 bits per heavy atom. The van der Waals surface area contributed by atoms with Gasteiger partial charge in [-0.05, 0) is 41.8 Å². The summed E-state index contributed by atoms with van der Waals surface area (Å²) in [5, 5.41) is 17.4. The van der Waals surface area contributed by atoms with Crippen LogP contribution in [0.3, 0.4) is 0 Å². The zero-order chi connectivity index (χ0) is 25.2. The number of aromatic nitrogens is 1. The quantitative estimate of drug-likeness (QED) is 0.394. The van der Waals surface area contributed by atoms with E-state index in [-0.39, 0.29) is 37.0 Å². The molecule has 2 aliphatic heterocycles. The molecule has 3 heterocycles. The highest BCUT2D eigenvalue weighted by Gasteiger charge is 2.33. The second kappa shape index (κ2) is 11.4. The Labute approximate surface area is 223 Å². The van der Waals surface area contributed by atoms with Crippen molar-refractivity contribution in [1.29, 1.82) is 0 Å². The lowest BCUT2D eigenvalue weighted by molar-refractivity contribution is -0.113. The normalized spacial score (nSPS) is 17.6. The Morgan fingerprint density at radius 1 is 1.19 bits per heavy atom. The van der Waals surface area contributed by atoms with E-state index >= 15 is 0 Å². The molecule has 3 aromatic rings. The number of aliphatic hydroxyl groups excluding tert-OH is 1. The zero-order valence-corrected chi connectivity index (χ0v) is 21.6. The number of ether oxygens (including phenoxy) is 2. The number of amides is 2. The topological polar surface area (TPSA) is 122 Å². The first-order chi connectivity index (χ1) is 17.4. The second-order valence-corrected chi connectivity index (χ2v) is 9.67. The van der Waals surface area contributed by atoms with Crippen molar-refractivity contribution in [2.75, 3.05) is 42.7 Å². The summed E-state index contributed by atoms with van der Waals surface area (Å²) in [5.41, 5.74) is 1.80. The highest BCUT2D eigenvalue weighted by Crippen LogP contribution is 2.35. The summed E-state index contributed by atoms with van der Waals surface area (Å²) in [7, 11) is 1.56. The number of rotatable bonds is 8. The third kappa shape index (κ3) is 5.85. The van der Waals surface area contributed by atoms with Crippen LogP contribution in [0.5, 0.6) is 5.75 Å². The number of carbonyl (C=O) groups excluding carboxylic acids is 2. The first-order valence-corrected chi connectivity index (χ1v) is 12.5. The minimum absolute atomic E-state index is 0. The fraction of sp³-hybridized carbons (Fsp3) is 0.320. The van der Waals surface area contributed by atoms with Crippen LogP contribution in [0.15, 0.2) is 58.2 Å². The number of anilines is 2. The van der Waals surface area contributed by atoms with E-state index in [1.807, 2.05) is 24.3 Å². The van der Waals surface area contributed by atoms with E-state index < -0.39 is 18.3 Å². The van der Waals surface area contributed by atoms with Crippen LogP contribution in [0.4, 0.5) is 16.2 Å². The Bertz CT molecular complexity index is 1380. The molecule has 2 aromatic carbocycles. The van der Waals surface area contributed by atoms with Crippen molar-refractivity contribution in [1.82, 2.24) is 9.88 Å². The molecule has 0 bridgehead atoms. The van der Waals surface area contributed by atoms with Crippen LogP contribution in [-0.4, -0.2) is 66.4 Å². The van der Waals surface area contributed by atoms with Crippen LogP contribution in [0.2, 0.25) is 0 Å². The van der Waals surface area contributed by atoms with Crippen molar-refractivity contribution in [3.8, 4) is 5.75 Å². The smallest absolute Gasteiger partial charge is 0.414 e. The molecule has 3 N–H and O–H groups in total. The van der Waals surface area contributed by atoms with Crippen LogP contribution in [0.1, 0.15) is 0 Å². The van der Waals surface area contributed by atoms with Gasteiger partial charge in [-0.25, -0.2) is 4.79 Å². The lowest BCUT2D eigenvalue weighted by Gasteiger charge is -2.20. The summed E-state index contributed by atoms with van der Waals surface area (Å²) in [5.74, 6) is 0.933. The molecule has 1 aromatic heterocycles. The number of nitrogens with one attached hydrogen (secondary N) is 2. The van der Waals surface area contributed by atoms with Gasteiger partial charge in [0.05, 0.1) is 43.3 Å². The standard InChI is InChI=1S/C25H26N4O6S.ClH/c1-34-18-5-2-15-3-7-24(32)29(21(15)9-18)12-17(30)10-26-11-19-13-28(25(33)35-19)16-4-6-22-20(8-16)27-23(31)14-36-22;/h2-9,17,19,26,30H,10-14H2,1H3,(H,27,31);1H/t17-,19-;/m1./s1. The number of pyridine rings is 1. The van der Waals surface area contributed by atoms with E-state index in [9.17, 15) is 19.5 Å². The fourth-order valence-electron chi connectivity index (χ4n) is 4.35. The van der Waals surface area contributed by atoms with E-state index in [1.165, 1.54) is 27.3 Å². The molecule has 5 rings (SSSR count). The van der Waals surface area contributed by atoms with E-state index in [2.05, 4.69) is 10.6 Å². The first kappa shape index (κ1) is 26.8. The fourth-order valence-corrected chi connectivity index (χ4v) is 5.14. The summed E-state index contributed by atoms with van der Waals surface area (Å²) < 4.78 is 12.3. The maximum Gasteiger partial charge on any atom is 0.414 e. The minimum atomic E-state index is -0.838. The number of carbonyl (C=O) groups is 2. The largest absolute Gasteiger partial charge is 0.497 e. The van der Waals surface area contributed by atoms with Gasteiger partial charge < -0.3 is 29.8 Å². The molecule has 196 valence electrons. The number of nitrogens with zero attached hydrogens (tertiary/aromatic N) is 2. The first-order valence-electron chi connectivity index (χ1n) is 11.5. The number of aliphatic hydroxyl groups is 1. The van der Waals surface area contributed by atoms with Gasteiger partial charge in [0.1, 0.15) is 11.9 Å². The van der Waals surface area contributed by atoms with E-state index in [0.717, 1.165) is 10.3 Å². The van der Waals surface area contributed by atoms with Crippen LogP contribution < -0.4 is 25.8 Å². The van der Waals surface area contributed by atoms with Crippen molar-refractivity contribution in [2.45, 2.75) is 23.6 Å². The van der Waals surface area contributed by atoms with Gasteiger partial charge in [0.15, 0.2) is 0 Å². The minimum Gasteiger partial charge on any atom is -0.497 e. The molecule has 12 heteroatoms. The molecule has 0 unspecified atom stereocenters. The maximum atomic E-state index is 12.5. The highest BCUT2D eigenvalue weighted by molar-refractivity contribution is 8.00. The molecular formula is C25H27ClN4O6S. The molecule has 10 nitrogen and oxygen atoms in total. The summed E-state index contributed by atoms with van der Waals surface area (Å²) in [4.78, 5) is 39.1. The van der Waals surface area contributed by atoms with Gasteiger partial charge in [-0.1, -0.05) is 0 Å². The van der Waals surface area contributed by atoms with Gasteiger partial charge in [-0.3, -0.25) is 14.5 Å². The van der Waals surface area contributed by atoms with Gasteiger partial charge >= 0.3 is 6.09 Å². The molecule has 0 aliphatic carbocycles. The third-order valence-electron chi connectivity index (χ3n) is 6.13. The number of hydrogen-bond donors (Lipinski definition) is 3. The van der Waals surface area contributed by atoms with Crippen molar-refractivity contribution >= 4 is 58.4 Å². The van der Waals surface area contributed by atoms with Crippen molar-refractivity contribution in [3.05, 3.63) is 58.9 Å². The number of fused-ring (bicyclic) bond motifs is 2. The molecule has 0 spiro atoms. The summed E-state index contributed by atoms with van der Waals surface area (Å²) in [6, 6.07) is 14.2. The molecule has 1 fully saturated rings. The van der Waals surface area contributed by atoms with Crippen LogP contribution in [0.25, 0.3) is 10.9 Å². The van der Waals surface area contributed by atoms with Crippen molar-refractivity contribution in [2.24, 2.45) is 0 Å². The van der Waals surface area contributed by atoms with Gasteiger partial charge in [0.25, 0.3) is 5.56 Å². The summed E-state index contributed by atoms with van der Waals surface area (Å²) in [6.45, 7) is 0.994. The molecule has 1 saturated heterocycles. The molecular weight excluding hydrogens is 520 g/mol. The molecule has 37 heavy (non-hydrogen) atoms. The zero-order valence-electron chi connectivity index (χ0n) is 20.0. The monoisotopic (exact) mass is 546 g/mol. The lowest BCUT2D eigenvalue weighted by Crippen LogP contribution is -2.38. The Hall–Kier alpha value is -3.25. The summed E-state index contributed by atoms with van der Waals surface area (Å²) in [6.07, 6.45) is -1.71.